The molecule has 0 N–H and O–H groups in total. The summed E-state index contributed by atoms with van der Waals surface area (Å²) in [4.78, 5) is 0. The highest BCUT2D eigenvalue weighted by molar-refractivity contribution is 4.92. The molecule has 0 heterocycles. The van der Waals surface area contributed by atoms with E-state index in [9.17, 15) is 0 Å². The van der Waals surface area contributed by atoms with Crippen molar-refractivity contribution in [3.63, 3.8) is 0 Å². The molecule has 3 unspecified atom stereocenters. The lowest BCUT2D eigenvalue weighted by Crippen LogP contribution is -2.06. The standard InChI is InChI=1S/C10H18/c1-7-4-3-5-9(7)10-6-8(10)2/h7-10H,3-6H2,1-2H3/t7-,8?,9?,10?/m0/s1. The molecule has 2 fully saturated rings. The maximum absolute atomic E-state index is 2.45. The van der Waals surface area contributed by atoms with Crippen LogP contribution in [0.25, 0.3) is 0 Å². The van der Waals surface area contributed by atoms with Crippen LogP contribution in [0.15, 0.2) is 0 Å². The van der Waals surface area contributed by atoms with Crippen LogP contribution in [-0.2, 0) is 0 Å². The summed E-state index contributed by atoms with van der Waals surface area (Å²) in [6, 6.07) is 0. The molecule has 0 aliphatic heterocycles. The fourth-order valence-corrected chi connectivity index (χ4v) is 2.76. The van der Waals surface area contributed by atoms with E-state index in [1.165, 1.54) is 25.7 Å². The molecule has 0 aromatic heterocycles. The summed E-state index contributed by atoms with van der Waals surface area (Å²) in [5.41, 5.74) is 0. The molecule has 2 rings (SSSR count). The van der Waals surface area contributed by atoms with Crippen molar-refractivity contribution in [2.75, 3.05) is 0 Å². The second-order valence-corrected chi connectivity index (χ2v) is 4.45. The highest BCUT2D eigenvalue weighted by Gasteiger charge is 2.42. The summed E-state index contributed by atoms with van der Waals surface area (Å²) in [5.74, 6) is 4.38. The zero-order valence-corrected chi connectivity index (χ0v) is 7.14. The van der Waals surface area contributed by atoms with Gasteiger partial charge in [-0.2, -0.15) is 0 Å². The van der Waals surface area contributed by atoms with Crippen LogP contribution >= 0.6 is 0 Å². The molecule has 0 heteroatoms. The largest absolute Gasteiger partial charge is 0.0622 e. The van der Waals surface area contributed by atoms with Crippen LogP contribution < -0.4 is 0 Å². The Labute approximate surface area is 64.0 Å². The van der Waals surface area contributed by atoms with Gasteiger partial charge in [-0.15, -0.1) is 0 Å². The van der Waals surface area contributed by atoms with Crippen LogP contribution in [-0.4, -0.2) is 0 Å². The predicted molar refractivity (Wildman–Crippen MR) is 43.8 cm³/mol. The molecule has 2 saturated carbocycles. The maximum atomic E-state index is 2.45. The fraction of sp³-hybridized carbons (Fsp3) is 1.00. The summed E-state index contributed by atoms with van der Waals surface area (Å²) in [6.45, 7) is 4.86. The number of rotatable bonds is 1. The van der Waals surface area contributed by atoms with Gasteiger partial charge in [0.05, 0.1) is 0 Å². The molecule has 0 aromatic carbocycles. The van der Waals surface area contributed by atoms with Crippen LogP contribution in [0.4, 0.5) is 0 Å². The summed E-state index contributed by atoms with van der Waals surface area (Å²) < 4.78 is 0. The summed E-state index contributed by atoms with van der Waals surface area (Å²) in [6.07, 6.45) is 6.09. The lowest BCUT2D eigenvalue weighted by Gasteiger charge is -2.13. The average Bonchev–Trinajstić information content (AvgIpc) is 2.42. The molecule has 2 aliphatic rings. The molecule has 0 bridgehead atoms. The first-order valence-corrected chi connectivity index (χ1v) is 4.79. The van der Waals surface area contributed by atoms with E-state index in [1.807, 2.05) is 0 Å². The van der Waals surface area contributed by atoms with Crippen LogP contribution in [0.3, 0.4) is 0 Å². The van der Waals surface area contributed by atoms with Crippen LogP contribution in [0.5, 0.6) is 0 Å². The Hall–Kier alpha value is 0. The quantitative estimate of drug-likeness (QED) is 0.522. The number of hydrogen-bond donors (Lipinski definition) is 0. The Morgan fingerprint density at radius 3 is 2.00 bits per heavy atom. The van der Waals surface area contributed by atoms with Crippen molar-refractivity contribution in [2.24, 2.45) is 23.7 Å². The summed E-state index contributed by atoms with van der Waals surface area (Å²) in [7, 11) is 0. The van der Waals surface area contributed by atoms with E-state index >= 15 is 0 Å². The van der Waals surface area contributed by atoms with E-state index in [1.54, 1.807) is 0 Å². The predicted octanol–water partition coefficient (Wildman–Crippen LogP) is 3.08. The highest BCUT2D eigenvalue weighted by Crippen LogP contribution is 2.51. The molecule has 0 radical (unpaired) electrons. The Morgan fingerprint density at radius 1 is 0.900 bits per heavy atom. The molecule has 10 heavy (non-hydrogen) atoms. The van der Waals surface area contributed by atoms with Gasteiger partial charge in [0.2, 0.25) is 0 Å². The Balaban J connectivity index is 1.92. The Kier molecular flexibility index (Phi) is 1.51. The van der Waals surface area contributed by atoms with Gasteiger partial charge in [-0.25, -0.2) is 0 Å². The molecular formula is C10H18. The molecule has 0 aromatic rings. The van der Waals surface area contributed by atoms with Crippen molar-refractivity contribution >= 4 is 0 Å². The summed E-state index contributed by atoms with van der Waals surface area (Å²) >= 11 is 0. The van der Waals surface area contributed by atoms with Crippen LogP contribution in [0.1, 0.15) is 39.5 Å². The topological polar surface area (TPSA) is 0 Å². The first-order chi connectivity index (χ1) is 4.79. The van der Waals surface area contributed by atoms with Gasteiger partial charge >= 0.3 is 0 Å². The van der Waals surface area contributed by atoms with Gasteiger partial charge in [0.1, 0.15) is 0 Å². The Morgan fingerprint density at radius 2 is 1.60 bits per heavy atom. The summed E-state index contributed by atoms with van der Waals surface area (Å²) in [5, 5.41) is 0. The molecule has 4 atom stereocenters. The van der Waals surface area contributed by atoms with Crippen LogP contribution in [0.2, 0.25) is 0 Å². The van der Waals surface area contributed by atoms with Gasteiger partial charge in [0.25, 0.3) is 0 Å². The molecule has 0 saturated heterocycles. The molecular weight excluding hydrogens is 120 g/mol. The maximum Gasteiger partial charge on any atom is -0.0355 e. The van der Waals surface area contributed by atoms with Crippen molar-refractivity contribution in [1.82, 2.24) is 0 Å². The zero-order valence-electron chi connectivity index (χ0n) is 7.14. The van der Waals surface area contributed by atoms with Gasteiger partial charge in [-0.1, -0.05) is 26.7 Å². The second kappa shape index (κ2) is 2.25. The molecule has 0 spiro atoms. The third-order valence-electron chi connectivity index (χ3n) is 3.65. The fourth-order valence-electron chi connectivity index (χ4n) is 2.76. The average molecular weight is 138 g/mol. The second-order valence-electron chi connectivity index (χ2n) is 4.45. The lowest BCUT2D eigenvalue weighted by molar-refractivity contribution is 0.357. The first kappa shape index (κ1) is 6.69. The molecule has 2 aliphatic carbocycles. The van der Waals surface area contributed by atoms with E-state index in [0.717, 1.165) is 23.7 Å². The normalized spacial score (nSPS) is 53.4. The monoisotopic (exact) mass is 138 g/mol. The highest BCUT2D eigenvalue weighted by atomic mass is 14.5. The van der Waals surface area contributed by atoms with E-state index in [0.29, 0.717) is 0 Å². The van der Waals surface area contributed by atoms with Gasteiger partial charge in [-0.05, 0) is 36.5 Å². The van der Waals surface area contributed by atoms with E-state index in [4.69, 9.17) is 0 Å². The third kappa shape index (κ3) is 0.980. The molecule has 0 amide bonds. The van der Waals surface area contributed by atoms with Gasteiger partial charge in [-0.3, -0.25) is 0 Å². The lowest BCUT2D eigenvalue weighted by atomic mass is 9.92. The number of hydrogen-bond acceptors (Lipinski definition) is 0. The van der Waals surface area contributed by atoms with E-state index in [-0.39, 0.29) is 0 Å². The van der Waals surface area contributed by atoms with Crippen LogP contribution in [0, 0.1) is 23.7 Å². The van der Waals surface area contributed by atoms with Gasteiger partial charge in [0.15, 0.2) is 0 Å². The van der Waals surface area contributed by atoms with Crippen molar-refractivity contribution in [3.05, 3.63) is 0 Å². The van der Waals surface area contributed by atoms with Crippen molar-refractivity contribution in [1.29, 1.82) is 0 Å². The van der Waals surface area contributed by atoms with Crippen molar-refractivity contribution in [2.45, 2.75) is 39.5 Å². The SMILES string of the molecule is CC1CC1C1CCC[C@@H]1C. The third-order valence-corrected chi connectivity index (χ3v) is 3.65. The molecule has 0 nitrogen and oxygen atoms in total. The minimum Gasteiger partial charge on any atom is -0.0622 e. The van der Waals surface area contributed by atoms with E-state index in [2.05, 4.69) is 13.8 Å². The minimum absolute atomic E-state index is 1.05. The Bertz CT molecular complexity index is 128. The van der Waals surface area contributed by atoms with Gasteiger partial charge in [0, 0.05) is 0 Å². The molecule has 58 valence electrons. The minimum atomic E-state index is 1.05. The van der Waals surface area contributed by atoms with Crippen molar-refractivity contribution in [3.8, 4) is 0 Å². The van der Waals surface area contributed by atoms with Gasteiger partial charge < -0.3 is 0 Å². The van der Waals surface area contributed by atoms with E-state index < -0.39 is 0 Å². The zero-order chi connectivity index (χ0) is 7.14. The first-order valence-electron chi connectivity index (χ1n) is 4.79. The smallest absolute Gasteiger partial charge is 0.0355 e. The van der Waals surface area contributed by atoms with Crippen molar-refractivity contribution < 1.29 is 0 Å².